The van der Waals surface area contributed by atoms with Gasteiger partial charge in [0, 0.05) is 13.1 Å². The SMILES string of the molecule is CC(c1ccc(S(N)(=O)=O)cc1)N(C)C(=O)/C=C/c1cc(Cl)c2c(c1)OCCO2. The Morgan fingerprint density at radius 3 is 2.52 bits per heavy atom. The zero-order valence-electron chi connectivity index (χ0n) is 16.0. The van der Waals surface area contributed by atoms with Crippen molar-refractivity contribution in [3.05, 3.63) is 58.6 Å². The summed E-state index contributed by atoms with van der Waals surface area (Å²) in [5, 5.41) is 5.53. The van der Waals surface area contributed by atoms with Crippen molar-refractivity contribution in [3.8, 4) is 11.5 Å². The number of benzene rings is 2. The molecule has 2 N–H and O–H groups in total. The smallest absolute Gasteiger partial charge is 0.246 e. The average molecular weight is 437 g/mol. The first-order valence-corrected chi connectivity index (χ1v) is 10.8. The summed E-state index contributed by atoms with van der Waals surface area (Å²) in [4.78, 5) is 14.1. The molecule has 1 aliphatic rings. The lowest BCUT2D eigenvalue weighted by molar-refractivity contribution is -0.126. The van der Waals surface area contributed by atoms with E-state index in [4.69, 9.17) is 26.2 Å². The van der Waals surface area contributed by atoms with E-state index in [0.29, 0.717) is 35.3 Å². The standard InChI is InChI=1S/C20H21ClN2O5S/c1-13(15-4-6-16(7-5-15)29(22,25)26)23(2)19(24)8-3-14-11-17(21)20-18(12-14)27-9-10-28-20/h3-8,11-13H,9-10H2,1-2H3,(H2,22,25,26)/b8-3+. The molecule has 1 aliphatic heterocycles. The highest BCUT2D eigenvalue weighted by Gasteiger charge is 2.18. The number of likely N-dealkylation sites (N-methyl/N-ethyl adjacent to an activating group) is 1. The largest absolute Gasteiger partial charge is 0.486 e. The molecule has 1 heterocycles. The molecule has 7 nitrogen and oxygen atoms in total. The fourth-order valence-corrected chi connectivity index (χ4v) is 3.65. The van der Waals surface area contributed by atoms with Gasteiger partial charge in [-0.3, -0.25) is 4.79 Å². The van der Waals surface area contributed by atoms with Gasteiger partial charge in [-0.1, -0.05) is 23.7 Å². The molecule has 2 aromatic rings. The van der Waals surface area contributed by atoms with Crippen molar-refractivity contribution in [1.82, 2.24) is 4.90 Å². The van der Waals surface area contributed by atoms with E-state index in [1.807, 2.05) is 6.92 Å². The van der Waals surface area contributed by atoms with Crippen LogP contribution in [0.5, 0.6) is 11.5 Å². The van der Waals surface area contributed by atoms with Crippen LogP contribution in [0.1, 0.15) is 24.1 Å². The van der Waals surface area contributed by atoms with Gasteiger partial charge in [-0.25, -0.2) is 13.6 Å². The van der Waals surface area contributed by atoms with Gasteiger partial charge in [0.25, 0.3) is 0 Å². The fraction of sp³-hybridized carbons (Fsp3) is 0.250. The first-order chi connectivity index (χ1) is 13.7. The van der Waals surface area contributed by atoms with E-state index in [2.05, 4.69) is 0 Å². The van der Waals surface area contributed by atoms with Crippen LogP contribution < -0.4 is 14.6 Å². The van der Waals surface area contributed by atoms with Gasteiger partial charge >= 0.3 is 0 Å². The van der Waals surface area contributed by atoms with Gasteiger partial charge in [0.2, 0.25) is 15.9 Å². The molecule has 29 heavy (non-hydrogen) atoms. The van der Waals surface area contributed by atoms with Crippen LogP contribution in [0.15, 0.2) is 47.4 Å². The molecule has 0 aromatic heterocycles. The van der Waals surface area contributed by atoms with Crippen LogP contribution in [0.25, 0.3) is 6.08 Å². The van der Waals surface area contributed by atoms with Crippen LogP contribution in [0.4, 0.5) is 0 Å². The van der Waals surface area contributed by atoms with Crippen molar-refractivity contribution in [3.63, 3.8) is 0 Å². The van der Waals surface area contributed by atoms with E-state index in [-0.39, 0.29) is 16.8 Å². The molecule has 3 rings (SSSR count). The first-order valence-electron chi connectivity index (χ1n) is 8.83. The quantitative estimate of drug-likeness (QED) is 0.726. The van der Waals surface area contributed by atoms with Crippen molar-refractivity contribution in [1.29, 1.82) is 0 Å². The Morgan fingerprint density at radius 2 is 1.86 bits per heavy atom. The van der Waals surface area contributed by atoms with Crippen LogP contribution in [0, 0.1) is 0 Å². The Morgan fingerprint density at radius 1 is 1.21 bits per heavy atom. The molecular weight excluding hydrogens is 416 g/mol. The number of ether oxygens (including phenoxy) is 2. The number of nitrogens with zero attached hydrogens (tertiary/aromatic N) is 1. The molecule has 0 fully saturated rings. The highest BCUT2D eigenvalue weighted by atomic mass is 35.5. The van der Waals surface area contributed by atoms with Gasteiger partial charge in [-0.2, -0.15) is 0 Å². The normalized spacial score (nSPS) is 14.6. The molecule has 0 saturated carbocycles. The van der Waals surface area contributed by atoms with Gasteiger partial charge in [-0.05, 0) is 48.4 Å². The predicted molar refractivity (Wildman–Crippen MR) is 110 cm³/mol. The molecule has 154 valence electrons. The van der Waals surface area contributed by atoms with E-state index in [1.54, 1.807) is 42.3 Å². The number of fused-ring (bicyclic) bond motifs is 1. The number of nitrogens with two attached hydrogens (primary N) is 1. The van der Waals surface area contributed by atoms with Gasteiger partial charge in [-0.15, -0.1) is 0 Å². The number of carbonyl (C=O) groups excluding carboxylic acids is 1. The summed E-state index contributed by atoms with van der Waals surface area (Å²) in [6, 6.07) is 9.31. The molecule has 0 spiro atoms. The molecule has 2 aromatic carbocycles. The Hall–Kier alpha value is -2.55. The third-order valence-corrected chi connectivity index (χ3v) is 5.87. The summed E-state index contributed by atoms with van der Waals surface area (Å²) < 4.78 is 33.8. The third-order valence-electron chi connectivity index (χ3n) is 4.66. The summed E-state index contributed by atoms with van der Waals surface area (Å²) in [5.41, 5.74) is 1.50. The summed E-state index contributed by atoms with van der Waals surface area (Å²) in [6.07, 6.45) is 3.09. The third kappa shape index (κ3) is 4.90. The number of sulfonamides is 1. The lowest BCUT2D eigenvalue weighted by Gasteiger charge is -2.24. The lowest BCUT2D eigenvalue weighted by Crippen LogP contribution is -2.28. The maximum Gasteiger partial charge on any atom is 0.246 e. The maximum atomic E-state index is 12.6. The van der Waals surface area contributed by atoms with E-state index in [0.717, 1.165) is 5.56 Å². The zero-order chi connectivity index (χ0) is 21.2. The Kier molecular flexibility index (Phi) is 6.16. The predicted octanol–water partition coefficient (Wildman–Crippen LogP) is 2.99. The molecule has 9 heteroatoms. The lowest BCUT2D eigenvalue weighted by atomic mass is 10.1. The summed E-state index contributed by atoms with van der Waals surface area (Å²) >= 11 is 6.21. The number of amides is 1. The molecule has 1 amide bonds. The van der Waals surface area contributed by atoms with Crippen molar-refractivity contribution < 1.29 is 22.7 Å². The van der Waals surface area contributed by atoms with E-state index >= 15 is 0 Å². The number of primary sulfonamides is 1. The minimum absolute atomic E-state index is 0.0258. The Balaban J connectivity index is 1.72. The summed E-state index contributed by atoms with van der Waals surface area (Å²) in [5.74, 6) is 0.835. The zero-order valence-corrected chi connectivity index (χ0v) is 17.5. The second-order valence-electron chi connectivity index (χ2n) is 6.60. The molecular formula is C20H21ClN2O5S. The minimum atomic E-state index is -3.75. The van der Waals surface area contributed by atoms with Crippen molar-refractivity contribution in [2.24, 2.45) is 5.14 Å². The van der Waals surface area contributed by atoms with Crippen LogP contribution in [-0.2, 0) is 14.8 Å². The number of halogens is 1. The molecule has 1 unspecified atom stereocenters. The molecule has 0 bridgehead atoms. The summed E-state index contributed by atoms with van der Waals surface area (Å²) in [6.45, 7) is 2.74. The molecule has 0 aliphatic carbocycles. The second kappa shape index (κ2) is 8.44. The van der Waals surface area contributed by atoms with Crippen molar-refractivity contribution in [2.45, 2.75) is 17.9 Å². The highest BCUT2D eigenvalue weighted by molar-refractivity contribution is 7.89. The monoisotopic (exact) mass is 436 g/mol. The maximum absolute atomic E-state index is 12.6. The molecule has 0 radical (unpaired) electrons. The van der Waals surface area contributed by atoms with E-state index < -0.39 is 10.0 Å². The van der Waals surface area contributed by atoms with Crippen LogP contribution >= 0.6 is 11.6 Å². The Labute approximate surface area is 174 Å². The number of hydrogen-bond acceptors (Lipinski definition) is 5. The second-order valence-corrected chi connectivity index (χ2v) is 8.57. The topological polar surface area (TPSA) is 98.9 Å². The fourth-order valence-electron chi connectivity index (χ4n) is 2.86. The number of rotatable bonds is 5. The van der Waals surface area contributed by atoms with Crippen LogP contribution in [0.2, 0.25) is 5.02 Å². The number of hydrogen-bond donors (Lipinski definition) is 1. The van der Waals surface area contributed by atoms with Gasteiger partial charge < -0.3 is 14.4 Å². The number of carbonyl (C=O) groups is 1. The van der Waals surface area contributed by atoms with Gasteiger partial charge in [0.15, 0.2) is 11.5 Å². The van der Waals surface area contributed by atoms with Crippen molar-refractivity contribution in [2.75, 3.05) is 20.3 Å². The van der Waals surface area contributed by atoms with Gasteiger partial charge in [0.1, 0.15) is 13.2 Å². The highest BCUT2D eigenvalue weighted by Crippen LogP contribution is 2.38. The van der Waals surface area contributed by atoms with E-state index in [1.165, 1.54) is 18.2 Å². The molecule has 0 saturated heterocycles. The van der Waals surface area contributed by atoms with Crippen molar-refractivity contribution >= 4 is 33.6 Å². The molecule has 1 atom stereocenters. The van der Waals surface area contributed by atoms with Crippen LogP contribution in [-0.4, -0.2) is 39.5 Å². The van der Waals surface area contributed by atoms with E-state index in [9.17, 15) is 13.2 Å². The average Bonchev–Trinajstić information content (AvgIpc) is 2.70. The first kappa shape index (κ1) is 21.2. The minimum Gasteiger partial charge on any atom is -0.486 e. The summed E-state index contributed by atoms with van der Waals surface area (Å²) in [7, 11) is -2.08. The van der Waals surface area contributed by atoms with Gasteiger partial charge in [0.05, 0.1) is 16.0 Å². The Bertz CT molecular complexity index is 1050. The van der Waals surface area contributed by atoms with Crippen LogP contribution in [0.3, 0.4) is 0 Å².